The topological polar surface area (TPSA) is 99.8 Å². The molecule has 0 N–H and O–H groups in total. The SMILES string of the molecule is O=C(c1ccc2c(c1)C(=O)N(Cc1ccco1)C2=O)N1CCN(c2cc(-c3ccccc3)ncn2)CC1. The second-order valence-corrected chi connectivity index (χ2v) is 8.94. The maximum Gasteiger partial charge on any atom is 0.261 e. The molecule has 1 fully saturated rings. The van der Waals surface area contributed by atoms with E-state index in [2.05, 4.69) is 14.9 Å². The number of amides is 3. The predicted octanol–water partition coefficient (Wildman–Crippen LogP) is 3.50. The highest BCUT2D eigenvalue weighted by Gasteiger charge is 2.37. The van der Waals surface area contributed by atoms with E-state index in [0.29, 0.717) is 43.1 Å². The highest BCUT2D eigenvalue weighted by Crippen LogP contribution is 2.27. The van der Waals surface area contributed by atoms with Crippen LogP contribution in [0.2, 0.25) is 0 Å². The van der Waals surface area contributed by atoms with Crippen LogP contribution in [-0.4, -0.2) is 63.7 Å². The molecule has 9 heteroatoms. The normalized spacial score (nSPS) is 15.3. The summed E-state index contributed by atoms with van der Waals surface area (Å²) in [5.74, 6) is 0.361. The Hall–Kier alpha value is -4.79. The van der Waals surface area contributed by atoms with Crippen LogP contribution in [0.15, 0.2) is 83.7 Å². The van der Waals surface area contributed by atoms with Crippen LogP contribution in [0.1, 0.15) is 36.8 Å². The van der Waals surface area contributed by atoms with Crippen LogP contribution >= 0.6 is 0 Å². The van der Waals surface area contributed by atoms with Crippen molar-refractivity contribution < 1.29 is 18.8 Å². The van der Waals surface area contributed by atoms with Crippen LogP contribution in [-0.2, 0) is 6.54 Å². The molecule has 184 valence electrons. The molecule has 0 aliphatic carbocycles. The Morgan fingerprint density at radius 3 is 2.38 bits per heavy atom. The second-order valence-electron chi connectivity index (χ2n) is 8.94. The zero-order valence-corrected chi connectivity index (χ0v) is 19.9. The monoisotopic (exact) mass is 493 g/mol. The summed E-state index contributed by atoms with van der Waals surface area (Å²) in [7, 11) is 0. The lowest BCUT2D eigenvalue weighted by atomic mass is 10.0. The number of hydrogen-bond donors (Lipinski definition) is 0. The Labute approximate surface area is 213 Å². The van der Waals surface area contributed by atoms with E-state index >= 15 is 0 Å². The van der Waals surface area contributed by atoms with Crippen molar-refractivity contribution in [1.29, 1.82) is 0 Å². The third-order valence-electron chi connectivity index (χ3n) is 6.72. The highest BCUT2D eigenvalue weighted by atomic mass is 16.3. The van der Waals surface area contributed by atoms with E-state index in [4.69, 9.17) is 4.42 Å². The molecule has 0 spiro atoms. The summed E-state index contributed by atoms with van der Waals surface area (Å²) in [6.45, 7) is 2.32. The molecule has 0 radical (unpaired) electrons. The van der Waals surface area contributed by atoms with Gasteiger partial charge in [-0.3, -0.25) is 19.3 Å². The summed E-state index contributed by atoms with van der Waals surface area (Å²) in [4.78, 5) is 52.8. The Morgan fingerprint density at radius 1 is 0.838 bits per heavy atom. The molecular weight excluding hydrogens is 470 g/mol. The predicted molar refractivity (Wildman–Crippen MR) is 135 cm³/mol. The summed E-state index contributed by atoms with van der Waals surface area (Å²) in [5, 5.41) is 0. The molecular formula is C28H23N5O4. The van der Waals surface area contributed by atoms with Crippen molar-refractivity contribution in [3.63, 3.8) is 0 Å². The number of aromatic nitrogens is 2. The Kier molecular flexibility index (Phi) is 5.72. The van der Waals surface area contributed by atoms with Crippen molar-refractivity contribution >= 4 is 23.5 Å². The molecule has 0 unspecified atom stereocenters. The van der Waals surface area contributed by atoms with Gasteiger partial charge >= 0.3 is 0 Å². The standard InChI is InChI=1S/C28H23N5O4/c34-26(20-8-9-22-23(15-20)28(36)33(27(22)35)17-21-7-4-14-37-21)32-12-10-31(11-13-32)25-16-24(29-18-30-25)19-5-2-1-3-6-19/h1-9,14-16,18H,10-13,17H2. The zero-order chi connectivity index (χ0) is 25.4. The van der Waals surface area contributed by atoms with Crippen LogP contribution in [0.5, 0.6) is 0 Å². The summed E-state index contributed by atoms with van der Waals surface area (Å²) in [6, 6.07) is 20.0. The van der Waals surface area contributed by atoms with Gasteiger partial charge in [0.2, 0.25) is 0 Å². The van der Waals surface area contributed by atoms with Gasteiger partial charge in [-0.1, -0.05) is 30.3 Å². The number of hydrogen-bond acceptors (Lipinski definition) is 7. The van der Waals surface area contributed by atoms with Crippen molar-refractivity contribution in [3.8, 4) is 11.3 Å². The Morgan fingerprint density at radius 2 is 1.62 bits per heavy atom. The van der Waals surface area contributed by atoms with E-state index < -0.39 is 5.91 Å². The number of carbonyl (C=O) groups excluding carboxylic acids is 3. The minimum absolute atomic E-state index is 0.0552. The van der Waals surface area contributed by atoms with E-state index in [1.54, 1.807) is 35.5 Å². The first-order chi connectivity index (χ1) is 18.1. The number of carbonyl (C=O) groups is 3. The van der Waals surface area contributed by atoms with E-state index in [9.17, 15) is 14.4 Å². The number of anilines is 1. The molecule has 2 aliphatic rings. The summed E-state index contributed by atoms with van der Waals surface area (Å²) in [5.41, 5.74) is 2.81. The van der Waals surface area contributed by atoms with Crippen LogP contribution in [0.25, 0.3) is 11.3 Å². The zero-order valence-electron chi connectivity index (χ0n) is 19.9. The number of furan rings is 1. The largest absolute Gasteiger partial charge is 0.467 e. The lowest BCUT2D eigenvalue weighted by molar-refractivity contribution is 0.0631. The van der Waals surface area contributed by atoms with Gasteiger partial charge in [-0.2, -0.15) is 0 Å². The van der Waals surface area contributed by atoms with Gasteiger partial charge in [0, 0.05) is 43.4 Å². The third-order valence-corrected chi connectivity index (χ3v) is 6.72. The van der Waals surface area contributed by atoms with Crippen LogP contribution < -0.4 is 4.90 Å². The number of rotatable bonds is 5. The van der Waals surface area contributed by atoms with E-state index in [-0.39, 0.29) is 23.9 Å². The maximum absolute atomic E-state index is 13.3. The molecule has 4 heterocycles. The van der Waals surface area contributed by atoms with Crippen molar-refractivity contribution in [2.75, 3.05) is 31.1 Å². The molecule has 0 saturated carbocycles. The van der Waals surface area contributed by atoms with Gasteiger partial charge in [0.15, 0.2) is 0 Å². The first kappa shape index (κ1) is 22.7. The fraction of sp³-hybridized carbons (Fsp3) is 0.179. The first-order valence-electron chi connectivity index (χ1n) is 12.0. The summed E-state index contributed by atoms with van der Waals surface area (Å²) < 4.78 is 5.28. The number of fused-ring (bicyclic) bond motifs is 1. The van der Waals surface area contributed by atoms with Crippen molar-refractivity contribution in [2.24, 2.45) is 0 Å². The Balaban J connectivity index is 1.13. The molecule has 0 atom stereocenters. The van der Waals surface area contributed by atoms with Gasteiger partial charge in [-0.05, 0) is 30.3 Å². The fourth-order valence-corrected chi connectivity index (χ4v) is 4.73. The minimum Gasteiger partial charge on any atom is -0.467 e. The average Bonchev–Trinajstić information content (AvgIpc) is 3.56. The molecule has 37 heavy (non-hydrogen) atoms. The van der Waals surface area contributed by atoms with E-state index in [0.717, 1.165) is 22.0 Å². The lowest BCUT2D eigenvalue weighted by Crippen LogP contribution is -2.49. The molecule has 9 nitrogen and oxygen atoms in total. The molecule has 2 aromatic heterocycles. The average molecular weight is 494 g/mol. The van der Waals surface area contributed by atoms with Gasteiger partial charge in [0.1, 0.15) is 17.9 Å². The number of piperazine rings is 1. The lowest BCUT2D eigenvalue weighted by Gasteiger charge is -2.35. The molecule has 1 saturated heterocycles. The van der Waals surface area contributed by atoms with Crippen molar-refractivity contribution in [2.45, 2.75) is 6.54 Å². The smallest absolute Gasteiger partial charge is 0.261 e. The molecule has 4 aromatic rings. The van der Waals surface area contributed by atoms with Crippen LogP contribution in [0.4, 0.5) is 5.82 Å². The van der Waals surface area contributed by atoms with Gasteiger partial charge in [0.05, 0.1) is 29.6 Å². The fourth-order valence-electron chi connectivity index (χ4n) is 4.73. The van der Waals surface area contributed by atoms with Crippen LogP contribution in [0, 0.1) is 0 Å². The molecule has 6 rings (SSSR count). The number of imide groups is 1. The van der Waals surface area contributed by atoms with Crippen LogP contribution in [0.3, 0.4) is 0 Å². The number of nitrogens with zero attached hydrogens (tertiary/aromatic N) is 5. The maximum atomic E-state index is 13.3. The summed E-state index contributed by atoms with van der Waals surface area (Å²) in [6.07, 6.45) is 3.06. The van der Waals surface area contributed by atoms with E-state index in [1.165, 1.54) is 12.3 Å². The molecule has 3 amide bonds. The quantitative estimate of drug-likeness (QED) is 0.392. The summed E-state index contributed by atoms with van der Waals surface area (Å²) >= 11 is 0. The number of benzene rings is 2. The van der Waals surface area contributed by atoms with E-state index in [1.807, 2.05) is 36.4 Å². The van der Waals surface area contributed by atoms with Crippen molar-refractivity contribution in [3.05, 3.63) is 102 Å². The van der Waals surface area contributed by atoms with Gasteiger partial charge in [-0.25, -0.2) is 9.97 Å². The van der Waals surface area contributed by atoms with Gasteiger partial charge in [-0.15, -0.1) is 0 Å². The second kappa shape index (κ2) is 9.34. The molecule has 2 aliphatic heterocycles. The first-order valence-corrected chi connectivity index (χ1v) is 12.0. The van der Waals surface area contributed by atoms with Gasteiger partial charge < -0.3 is 14.2 Å². The molecule has 2 aromatic carbocycles. The highest BCUT2D eigenvalue weighted by molar-refractivity contribution is 6.22. The minimum atomic E-state index is -0.422. The molecule has 0 bridgehead atoms. The third kappa shape index (κ3) is 4.24. The Bertz CT molecular complexity index is 1480. The van der Waals surface area contributed by atoms with Gasteiger partial charge in [0.25, 0.3) is 17.7 Å². The van der Waals surface area contributed by atoms with Crippen molar-refractivity contribution in [1.82, 2.24) is 19.8 Å².